The number of anilines is 1. The van der Waals surface area contributed by atoms with Gasteiger partial charge in [0, 0.05) is 23.6 Å². The second-order valence-electron chi connectivity index (χ2n) is 4.19. The Hall–Kier alpha value is -3.02. The van der Waals surface area contributed by atoms with E-state index >= 15 is 0 Å². The Balaban J connectivity index is 1.95. The smallest absolute Gasteiger partial charge is 0.271 e. The van der Waals surface area contributed by atoms with Gasteiger partial charge >= 0.3 is 0 Å². The molecule has 1 aromatic heterocycles. The predicted octanol–water partition coefficient (Wildman–Crippen LogP) is 1.83. The molecule has 0 bridgehead atoms. The monoisotopic (exact) mass is 282 g/mol. The van der Waals surface area contributed by atoms with E-state index in [1.54, 1.807) is 24.3 Å². The fourth-order valence-electron chi connectivity index (χ4n) is 1.50. The second kappa shape index (κ2) is 6.95. The summed E-state index contributed by atoms with van der Waals surface area (Å²) < 4.78 is 0. The normalized spacial score (nSPS) is 10.8. The molecule has 0 unspecified atom stereocenters. The van der Waals surface area contributed by atoms with Gasteiger partial charge in [-0.15, -0.1) is 0 Å². The van der Waals surface area contributed by atoms with Crippen molar-refractivity contribution in [2.45, 2.75) is 6.92 Å². The highest BCUT2D eigenvalue weighted by atomic mass is 16.2. The molecule has 1 heterocycles. The second-order valence-corrected chi connectivity index (χ2v) is 4.19. The SMILES string of the molecule is C/C(=N/NC(=O)c1ccncc1)C(=O)Nc1ccccc1. The maximum atomic E-state index is 11.9. The van der Waals surface area contributed by atoms with Crippen LogP contribution < -0.4 is 10.7 Å². The average molecular weight is 282 g/mol. The quantitative estimate of drug-likeness (QED) is 0.663. The van der Waals surface area contributed by atoms with Crippen LogP contribution in [0.1, 0.15) is 17.3 Å². The van der Waals surface area contributed by atoms with E-state index < -0.39 is 5.91 Å². The number of carbonyl (C=O) groups is 2. The van der Waals surface area contributed by atoms with Crippen LogP contribution in [0.4, 0.5) is 5.69 Å². The van der Waals surface area contributed by atoms with E-state index in [9.17, 15) is 9.59 Å². The summed E-state index contributed by atoms with van der Waals surface area (Å²) in [6.07, 6.45) is 3.02. The number of carbonyl (C=O) groups excluding carboxylic acids is 2. The number of hydrogen-bond donors (Lipinski definition) is 2. The van der Waals surface area contributed by atoms with Gasteiger partial charge in [-0.1, -0.05) is 18.2 Å². The van der Waals surface area contributed by atoms with Crippen LogP contribution in [0.25, 0.3) is 0 Å². The Morgan fingerprint density at radius 2 is 1.71 bits per heavy atom. The van der Waals surface area contributed by atoms with Gasteiger partial charge in [0.1, 0.15) is 5.71 Å². The third-order valence-corrected chi connectivity index (χ3v) is 2.63. The van der Waals surface area contributed by atoms with Crippen molar-refractivity contribution in [1.82, 2.24) is 10.4 Å². The Kier molecular flexibility index (Phi) is 4.76. The highest BCUT2D eigenvalue weighted by Crippen LogP contribution is 2.04. The van der Waals surface area contributed by atoms with Crippen molar-refractivity contribution in [2.75, 3.05) is 5.32 Å². The molecule has 6 nitrogen and oxygen atoms in total. The molecular weight excluding hydrogens is 268 g/mol. The number of nitrogens with one attached hydrogen (secondary N) is 2. The lowest BCUT2D eigenvalue weighted by molar-refractivity contribution is -0.110. The van der Waals surface area contributed by atoms with Gasteiger partial charge in [-0.25, -0.2) is 5.43 Å². The first-order valence-electron chi connectivity index (χ1n) is 6.28. The van der Waals surface area contributed by atoms with E-state index in [0.29, 0.717) is 11.3 Å². The first-order chi connectivity index (χ1) is 10.2. The zero-order valence-corrected chi connectivity index (χ0v) is 11.4. The molecule has 2 amide bonds. The van der Waals surface area contributed by atoms with Gasteiger partial charge in [-0.3, -0.25) is 14.6 Å². The first kappa shape index (κ1) is 14.4. The highest BCUT2D eigenvalue weighted by Gasteiger charge is 2.08. The Labute approximate surface area is 121 Å². The van der Waals surface area contributed by atoms with E-state index in [4.69, 9.17) is 0 Å². The van der Waals surface area contributed by atoms with E-state index in [1.165, 1.54) is 19.3 Å². The van der Waals surface area contributed by atoms with Crippen LogP contribution in [-0.2, 0) is 4.79 Å². The fourth-order valence-corrected chi connectivity index (χ4v) is 1.50. The molecule has 2 N–H and O–H groups in total. The zero-order chi connectivity index (χ0) is 15.1. The summed E-state index contributed by atoms with van der Waals surface area (Å²) in [5.74, 6) is -0.777. The topological polar surface area (TPSA) is 83.5 Å². The van der Waals surface area contributed by atoms with Gasteiger partial charge in [0.15, 0.2) is 0 Å². The summed E-state index contributed by atoms with van der Waals surface area (Å²) in [6.45, 7) is 1.52. The van der Waals surface area contributed by atoms with E-state index in [-0.39, 0.29) is 11.6 Å². The molecule has 0 saturated carbocycles. The number of aromatic nitrogens is 1. The highest BCUT2D eigenvalue weighted by molar-refractivity contribution is 6.42. The van der Waals surface area contributed by atoms with Gasteiger partial charge in [-0.2, -0.15) is 5.10 Å². The lowest BCUT2D eigenvalue weighted by Gasteiger charge is -2.05. The number of amides is 2. The number of hydrogen-bond acceptors (Lipinski definition) is 4. The van der Waals surface area contributed by atoms with Crippen LogP contribution >= 0.6 is 0 Å². The minimum Gasteiger partial charge on any atom is -0.321 e. The summed E-state index contributed by atoms with van der Waals surface area (Å²) in [7, 11) is 0. The van der Waals surface area contributed by atoms with Crippen molar-refractivity contribution in [3.8, 4) is 0 Å². The summed E-state index contributed by atoms with van der Waals surface area (Å²) in [5, 5.41) is 6.46. The largest absolute Gasteiger partial charge is 0.321 e. The molecule has 0 saturated heterocycles. The number of rotatable bonds is 4. The fraction of sp³-hybridized carbons (Fsp3) is 0.0667. The van der Waals surface area contributed by atoms with E-state index in [2.05, 4.69) is 20.8 Å². The molecule has 0 spiro atoms. The minimum atomic E-state index is -0.399. The van der Waals surface area contributed by atoms with Crippen molar-refractivity contribution in [3.05, 3.63) is 60.4 Å². The summed E-state index contributed by atoms with van der Waals surface area (Å²) >= 11 is 0. The lowest BCUT2D eigenvalue weighted by Crippen LogP contribution is -2.25. The predicted molar refractivity (Wildman–Crippen MR) is 79.9 cm³/mol. The van der Waals surface area contributed by atoms with Crippen LogP contribution in [0.15, 0.2) is 60.0 Å². The summed E-state index contributed by atoms with van der Waals surface area (Å²) in [4.78, 5) is 27.4. The number of hydrazone groups is 1. The lowest BCUT2D eigenvalue weighted by atomic mass is 10.2. The van der Waals surface area contributed by atoms with Crippen molar-refractivity contribution in [3.63, 3.8) is 0 Å². The van der Waals surface area contributed by atoms with Crippen LogP contribution in [0, 0.1) is 0 Å². The van der Waals surface area contributed by atoms with Gasteiger partial charge < -0.3 is 5.32 Å². The van der Waals surface area contributed by atoms with Gasteiger partial charge in [0.25, 0.3) is 11.8 Å². The molecule has 1 aromatic carbocycles. The Bertz CT molecular complexity index is 654. The molecule has 0 atom stereocenters. The minimum absolute atomic E-state index is 0.154. The standard InChI is InChI=1S/C15H14N4O2/c1-11(14(20)17-13-5-3-2-4-6-13)18-19-15(21)12-7-9-16-10-8-12/h2-10H,1H3,(H,17,20)(H,19,21)/b18-11-. The molecule has 6 heteroatoms. The number of nitrogens with zero attached hydrogens (tertiary/aromatic N) is 2. The molecule has 2 aromatic rings. The molecule has 0 radical (unpaired) electrons. The molecule has 106 valence electrons. The van der Waals surface area contributed by atoms with E-state index in [1.807, 2.05) is 18.2 Å². The van der Waals surface area contributed by atoms with Crippen LogP contribution in [-0.4, -0.2) is 22.5 Å². The zero-order valence-electron chi connectivity index (χ0n) is 11.4. The molecule has 2 rings (SSSR count). The van der Waals surface area contributed by atoms with Crippen LogP contribution in [0.2, 0.25) is 0 Å². The van der Waals surface area contributed by atoms with Crippen molar-refractivity contribution in [2.24, 2.45) is 5.10 Å². The molecule has 0 aliphatic carbocycles. The van der Waals surface area contributed by atoms with Gasteiger partial charge in [0.2, 0.25) is 0 Å². The number of benzene rings is 1. The van der Waals surface area contributed by atoms with Gasteiger partial charge in [-0.05, 0) is 31.2 Å². The Morgan fingerprint density at radius 1 is 1.05 bits per heavy atom. The Morgan fingerprint density at radius 3 is 2.38 bits per heavy atom. The first-order valence-corrected chi connectivity index (χ1v) is 6.28. The van der Waals surface area contributed by atoms with Crippen molar-refractivity contribution in [1.29, 1.82) is 0 Å². The summed E-state index contributed by atoms with van der Waals surface area (Å²) in [6, 6.07) is 12.1. The third-order valence-electron chi connectivity index (χ3n) is 2.63. The summed E-state index contributed by atoms with van der Waals surface area (Å²) in [5.41, 5.74) is 3.57. The maximum Gasteiger partial charge on any atom is 0.271 e. The molecule has 0 aliphatic heterocycles. The molecule has 21 heavy (non-hydrogen) atoms. The number of para-hydroxylation sites is 1. The van der Waals surface area contributed by atoms with Crippen molar-refractivity contribution < 1.29 is 9.59 Å². The third kappa shape index (κ3) is 4.24. The average Bonchev–Trinajstić information content (AvgIpc) is 2.54. The van der Waals surface area contributed by atoms with Crippen LogP contribution in [0.3, 0.4) is 0 Å². The molecule has 0 fully saturated rings. The van der Waals surface area contributed by atoms with Crippen LogP contribution in [0.5, 0.6) is 0 Å². The van der Waals surface area contributed by atoms with Gasteiger partial charge in [0.05, 0.1) is 0 Å². The maximum absolute atomic E-state index is 11.9. The number of pyridine rings is 1. The molecular formula is C15H14N4O2. The molecule has 0 aliphatic rings. The van der Waals surface area contributed by atoms with Crippen molar-refractivity contribution >= 4 is 23.2 Å². The van der Waals surface area contributed by atoms with E-state index in [0.717, 1.165) is 0 Å².